The molecule has 6 nitrogen and oxygen atoms in total. The van der Waals surface area contributed by atoms with E-state index in [0.717, 1.165) is 18.2 Å². The summed E-state index contributed by atoms with van der Waals surface area (Å²) in [5.41, 5.74) is 0.852. The zero-order chi connectivity index (χ0) is 17.5. The average molecular weight is 365 g/mol. The Morgan fingerprint density at radius 3 is 2.76 bits per heavy atom. The average Bonchev–Trinajstić information content (AvgIpc) is 3.12. The highest BCUT2D eigenvalue weighted by Crippen LogP contribution is 2.45. The molecule has 0 radical (unpaired) electrons. The molecular formula is C18H27N3O3S. The Hall–Kier alpha value is -1.21. The molecule has 0 aromatic carbocycles. The molecule has 1 spiro atoms. The van der Waals surface area contributed by atoms with Crippen molar-refractivity contribution in [3.8, 4) is 6.01 Å². The lowest BCUT2D eigenvalue weighted by molar-refractivity contribution is 0.0513. The van der Waals surface area contributed by atoms with Gasteiger partial charge in [0.05, 0.1) is 12.4 Å². The summed E-state index contributed by atoms with van der Waals surface area (Å²) in [6, 6.07) is 2.17. The molecule has 0 unspecified atom stereocenters. The maximum atomic E-state index is 12.7. The van der Waals surface area contributed by atoms with Crippen molar-refractivity contribution in [2.24, 2.45) is 11.8 Å². The summed E-state index contributed by atoms with van der Waals surface area (Å²) in [4.78, 5) is 10.7. The lowest BCUT2D eigenvalue weighted by Crippen LogP contribution is -2.68. The van der Waals surface area contributed by atoms with Gasteiger partial charge in [-0.3, -0.25) is 4.90 Å². The fourth-order valence-corrected chi connectivity index (χ4v) is 7.23. The van der Waals surface area contributed by atoms with Crippen LogP contribution in [-0.2, 0) is 9.84 Å². The van der Waals surface area contributed by atoms with Gasteiger partial charge in [-0.2, -0.15) is 0 Å². The van der Waals surface area contributed by atoms with Crippen LogP contribution in [0.3, 0.4) is 0 Å². The quantitative estimate of drug-likeness (QED) is 0.793. The highest BCUT2D eigenvalue weighted by molar-refractivity contribution is 7.93. The molecule has 1 aliphatic carbocycles. The molecule has 3 fully saturated rings. The van der Waals surface area contributed by atoms with Crippen molar-refractivity contribution >= 4 is 9.84 Å². The van der Waals surface area contributed by atoms with E-state index in [-0.39, 0.29) is 11.7 Å². The van der Waals surface area contributed by atoms with E-state index in [1.54, 1.807) is 6.20 Å². The Balaban J connectivity index is 1.40. The monoisotopic (exact) mass is 365 g/mol. The van der Waals surface area contributed by atoms with E-state index in [1.165, 1.54) is 25.7 Å². The maximum Gasteiger partial charge on any atom is 0.316 e. The van der Waals surface area contributed by atoms with Crippen molar-refractivity contribution in [2.75, 3.05) is 32.0 Å². The molecular weight excluding hydrogens is 338 g/mol. The summed E-state index contributed by atoms with van der Waals surface area (Å²) < 4.78 is 30.6. The Bertz CT molecular complexity index is 725. The lowest BCUT2D eigenvalue weighted by atomic mass is 9.83. The predicted octanol–water partition coefficient (Wildman–Crippen LogP) is 1.84. The molecule has 25 heavy (non-hydrogen) atoms. The number of likely N-dealkylation sites (tertiary alicyclic amines) is 1. The number of hydrogen-bond donors (Lipinski definition) is 0. The van der Waals surface area contributed by atoms with E-state index in [4.69, 9.17) is 4.74 Å². The van der Waals surface area contributed by atoms with Gasteiger partial charge in [0.15, 0.2) is 9.84 Å². The first kappa shape index (κ1) is 17.2. The second kappa shape index (κ2) is 6.50. The van der Waals surface area contributed by atoms with Crippen molar-refractivity contribution in [1.29, 1.82) is 0 Å². The first-order chi connectivity index (χ1) is 12.0. The van der Waals surface area contributed by atoms with Crippen LogP contribution in [-0.4, -0.2) is 60.0 Å². The van der Waals surface area contributed by atoms with Gasteiger partial charge in [0.25, 0.3) is 0 Å². The summed E-state index contributed by atoms with van der Waals surface area (Å²) >= 11 is 0. The van der Waals surface area contributed by atoms with Crippen molar-refractivity contribution < 1.29 is 13.2 Å². The second-order valence-electron chi connectivity index (χ2n) is 7.98. The van der Waals surface area contributed by atoms with E-state index in [2.05, 4.69) is 14.9 Å². The molecule has 2 aliphatic heterocycles. The number of rotatable bonds is 5. The topological polar surface area (TPSA) is 72.4 Å². The molecule has 3 aliphatic rings. The minimum absolute atomic E-state index is 0.0430. The maximum absolute atomic E-state index is 12.7. The zero-order valence-corrected chi connectivity index (χ0v) is 15.7. The molecule has 1 aromatic heterocycles. The smallest absolute Gasteiger partial charge is 0.316 e. The molecule has 0 N–H and O–H groups in total. The molecule has 7 heteroatoms. The van der Waals surface area contributed by atoms with Crippen LogP contribution in [0.2, 0.25) is 0 Å². The molecule has 1 atom stereocenters. The largest absolute Gasteiger partial charge is 0.463 e. The van der Waals surface area contributed by atoms with Gasteiger partial charge >= 0.3 is 6.01 Å². The standard InChI is InChI=1S/C18H27N3O3S/c1-14-6-8-19-17(20-14)24-11-16-7-9-25(22,23)18(16)12-21(13-18)10-15-4-2-3-5-15/h6,8,15-16H,2-5,7,9-13H2,1H3/t16-/m0/s1. The molecule has 138 valence electrons. The van der Waals surface area contributed by atoms with E-state index in [1.807, 2.05) is 13.0 Å². The van der Waals surface area contributed by atoms with Crippen molar-refractivity contribution in [2.45, 2.75) is 43.8 Å². The van der Waals surface area contributed by atoms with Crippen molar-refractivity contribution in [3.05, 3.63) is 18.0 Å². The Kier molecular flexibility index (Phi) is 4.48. The van der Waals surface area contributed by atoms with Crippen molar-refractivity contribution in [1.82, 2.24) is 14.9 Å². The van der Waals surface area contributed by atoms with Crippen LogP contribution in [0.5, 0.6) is 6.01 Å². The van der Waals surface area contributed by atoms with Crippen LogP contribution in [0, 0.1) is 18.8 Å². The zero-order valence-electron chi connectivity index (χ0n) is 14.9. The number of nitrogens with zero attached hydrogens (tertiary/aromatic N) is 3. The first-order valence-corrected chi connectivity index (χ1v) is 11.0. The van der Waals surface area contributed by atoms with Crippen LogP contribution in [0.1, 0.15) is 37.8 Å². The fourth-order valence-electron chi connectivity index (χ4n) is 4.78. The molecule has 4 rings (SSSR count). The van der Waals surface area contributed by atoms with Gasteiger partial charge < -0.3 is 4.74 Å². The number of hydrogen-bond acceptors (Lipinski definition) is 6. The third kappa shape index (κ3) is 3.16. The minimum Gasteiger partial charge on any atom is -0.463 e. The highest BCUT2D eigenvalue weighted by atomic mass is 32.2. The molecule has 3 heterocycles. The predicted molar refractivity (Wildman–Crippen MR) is 95.3 cm³/mol. The summed E-state index contributed by atoms with van der Waals surface area (Å²) in [5.74, 6) is 1.09. The third-order valence-electron chi connectivity index (χ3n) is 6.26. The molecule has 0 bridgehead atoms. The van der Waals surface area contributed by atoms with Crippen molar-refractivity contribution in [3.63, 3.8) is 0 Å². The van der Waals surface area contributed by atoms with Crippen LogP contribution >= 0.6 is 0 Å². The Morgan fingerprint density at radius 1 is 1.28 bits per heavy atom. The molecule has 1 saturated carbocycles. The minimum atomic E-state index is -3.04. The van der Waals surface area contributed by atoms with Gasteiger partial charge in [0.2, 0.25) is 0 Å². The van der Waals surface area contributed by atoms with Gasteiger partial charge in [-0.25, -0.2) is 18.4 Å². The van der Waals surface area contributed by atoms with Crippen LogP contribution < -0.4 is 4.74 Å². The van der Waals surface area contributed by atoms with Gasteiger partial charge in [0.1, 0.15) is 4.75 Å². The third-order valence-corrected chi connectivity index (χ3v) is 8.86. The van der Waals surface area contributed by atoms with E-state index in [9.17, 15) is 8.42 Å². The van der Waals surface area contributed by atoms with Crippen LogP contribution in [0.15, 0.2) is 12.3 Å². The Morgan fingerprint density at radius 2 is 2.04 bits per heavy atom. The normalized spacial score (nSPS) is 28.3. The Labute approximate surface area is 149 Å². The molecule has 0 amide bonds. The van der Waals surface area contributed by atoms with Crippen LogP contribution in [0.4, 0.5) is 0 Å². The summed E-state index contributed by atoms with van der Waals surface area (Å²) in [6.45, 7) is 4.69. The first-order valence-electron chi connectivity index (χ1n) is 9.36. The summed E-state index contributed by atoms with van der Waals surface area (Å²) in [5, 5.41) is 0. The summed E-state index contributed by atoms with van der Waals surface area (Å²) in [7, 11) is -3.04. The van der Waals surface area contributed by atoms with Gasteiger partial charge in [-0.05, 0) is 38.2 Å². The van der Waals surface area contributed by atoms with E-state index < -0.39 is 14.6 Å². The van der Waals surface area contributed by atoms with E-state index >= 15 is 0 Å². The van der Waals surface area contributed by atoms with Crippen LogP contribution in [0.25, 0.3) is 0 Å². The summed E-state index contributed by atoms with van der Waals surface area (Å²) in [6.07, 6.45) is 7.61. The number of aryl methyl sites for hydroxylation is 1. The van der Waals surface area contributed by atoms with Gasteiger partial charge in [-0.15, -0.1) is 0 Å². The SMILES string of the molecule is Cc1ccnc(OC[C@@H]2CCS(=O)(=O)C23CN(CC2CCCC2)C3)n1. The second-order valence-corrected chi connectivity index (χ2v) is 10.4. The lowest BCUT2D eigenvalue weighted by Gasteiger charge is -2.50. The fraction of sp³-hybridized carbons (Fsp3) is 0.778. The molecule has 1 aromatic rings. The number of sulfone groups is 1. The van der Waals surface area contributed by atoms with Gasteiger partial charge in [-0.1, -0.05) is 12.8 Å². The number of aromatic nitrogens is 2. The van der Waals surface area contributed by atoms with E-state index in [0.29, 0.717) is 32.1 Å². The van der Waals surface area contributed by atoms with Gasteiger partial charge in [0, 0.05) is 37.4 Å². The molecule has 2 saturated heterocycles. The highest BCUT2D eigenvalue weighted by Gasteiger charge is 2.61. The number of ether oxygens (including phenoxy) is 1.